The summed E-state index contributed by atoms with van der Waals surface area (Å²) in [6, 6.07) is 4.78. The molecule has 0 saturated heterocycles. The Labute approximate surface area is 97.5 Å². The monoisotopic (exact) mass is 238 g/mol. The molecule has 17 heavy (non-hydrogen) atoms. The van der Waals surface area contributed by atoms with Gasteiger partial charge in [0.05, 0.1) is 18.1 Å². The van der Waals surface area contributed by atoms with E-state index in [0.29, 0.717) is 5.56 Å². The molecule has 2 nitrogen and oxygen atoms in total. The van der Waals surface area contributed by atoms with Gasteiger partial charge in [-0.25, -0.2) is 8.78 Å². The second kappa shape index (κ2) is 4.30. The standard InChI is InChI=1S/C13H12F2O2/c1-13(16,10-4-5-17-8-10)7-9-6-11(14)2-3-12(9)15/h2-6,8,16H,7H2,1H3. The predicted octanol–water partition coefficient (Wildman–Crippen LogP) is 3.01. The Morgan fingerprint density at radius 1 is 1.29 bits per heavy atom. The molecule has 90 valence electrons. The summed E-state index contributed by atoms with van der Waals surface area (Å²) in [5.41, 5.74) is -0.626. The van der Waals surface area contributed by atoms with Gasteiger partial charge in [0.15, 0.2) is 0 Å². The van der Waals surface area contributed by atoms with E-state index in [1.165, 1.54) is 19.5 Å². The molecule has 0 aliphatic rings. The molecule has 1 aromatic heterocycles. The van der Waals surface area contributed by atoms with Gasteiger partial charge in [-0.3, -0.25) is 0 Å². The smallest absolute Gasteiger partial charge is 0.126 e. The molecule has 0 saturated carbocycles. The average Bonchev–Trinajstić information content (AvgIpc) is 2.77. The van der Waals surface area contributed by atoms with E-state index in [0.717, 1.165) is 18.2 Å². The lowest BCUT2D eigenvalue weighted by Gasteiger charge is -2.22. The molecule has 1 aromatic carbocycles. The molecule has 2 rings (SSSR count). The van der Waals surface area contributed by atoms with E-state index in [9.17, 15) is 13.9 Å². The van der Waals surface area contributed by atoms with Gasteiger partial charge in [-0.05, 0) is 36.8 Å². The topological polar surface area (TPSA) is 33.4 Å². The van der Waals surface area contributed by atoms with Crippen molar-refractivity contribution >= 4 is 0 Å². The summed E-state index contributed by atoms with van der Waals surface area (Å²) < 4.78 is 31.3. The van der Waals surface area contributed by atoms with E-state index in [4.69, 9.17) is 4.42 Å². The zero-order valence-electron chi connectivity index (χ0n) is 9.28. The van der Waals surface area contributed by atoms with Gasteiger partial charge in [0.25, 0.3) is 0 Å². The minimum absolute atomic E-state index is 0.0177. The summed E-state index contributed by atoms with van der Waals surface area (Å²) in [6.07, 6.45) is 2.79. The van der Waals surface area contributed by atoms with Gasteiger partial charge in [0.2, 0.25) is 0 Å². The van der Waals surface area contributed by atoms with Crippen molar-refractivity contribution in [3.63, 3.8) is 0 Å². The Balaban J connectivity index is 2.29. The molecule has 0 radical (unpaired) electrons. The maximum Gasteiger partial charge on any atom is 0.126 e. The Morgan fingerprint density at radius 3 is 2.71 bits per heavy atom. The number of benzene rings is 1. The SMILES string of the molecule is CC(O)(Cc1cc(F)ccc1F)c1ccoc1. The average molecular weight is 238 g/mol. The highest BCUT2D eigenvalue weighted by Gasteiger charge is 2.26. The summed E-state index contributed by atoms with van der Waals surface area (Å²) in [5, 5.41) is 10.2. The molecule has 0 aliphatic heterocycles. The van der Waals surface area contributed by atoms with Crippen LogP contribution in [-0.2, 0) is 12.0 Å². The van der Waals surface area contributed by atoms with Crippen LogP contribution in [0.5, 0.6) is 0 Å². The number of hydrogen-bond donors (Lipinski definition) is 1. The van der Waals surface area contributed by atoms with Crippen molar-refractivity contribution in [2.45, 2.75) is 18.9 Å². The number of rotatable bonds is 3. The molecule has 1 atom stereocenters. The first-order valence-electron chi connectivity index (χ1n) is 5.18. The van der Waals surface area contributed by atoms with Crippen LogP contribution in [0.15, 0.2) is 41.2 Å². The molecule has 2 aromatic rings. The number of hydrogen-bond acceptors (Lipinski definition) is 2. The fourth-order valence-electron chi connectivity index (χ4n) is 1.72. The lowest BCUT2D eigenvalue weighted by atomic mass is 9.91. The molecule has 1 heterocycles. The Kier molecular flexibility index (Phi) is 2.98. The zero-order chi connectivity index (χ0) is 12.5. The van der Waals surface area contributed by atoms with Crippen molar-refractivity contribution < 1.29 is 18.3 Å². The molecule has 0 bridgehead atoms. The fourth-order valence-corrected chi connectivity index (χ4v) is 1.72. The highest BCUT2D eigenvalue weighted by molar-refractivity contribution is 5.24. The third-order valence-corrected chi connectivity index (χ3v) is 2.69. The lowest BCUT2D eigenvalue weighted by Crippen LogP contribution is -2.24. The highest BCUT2D eigenvalue weighted by atomic mass is 19.1. The number of furan rings is 1. The second-order valence-corrected chi connectivity index (χ2v) is 4.20. The minimum atomic E-state index is -1.29. The first kappa shape index (κ1) is 11.8. The highest BCUT2D eigenvalue weighted by Crippen LogP contribution is 2.27. The van der Waals surface area contributed by atoms with E-state index in [1.807, 2.05) is 0 Å². The number of aliphatic hydroxyl groups is 1. The number of halogens is 2. The van der Waals surface area contributed by atoms with Crippen LogP contribution in [0.3, 0.4) is 0 Å². The minimum Gasteiger partial charge on any atom is -0.472 e. The first-order valence-corrected chi connectivity index (χ1v) is 5.18. The molecule has 0 amide bonds. The lowest BCUT2D eigenvalue weighted by molar-refractivity contribution is 0.0560. The third kappa shape index (κ3) is 2.53. The van der Waals surface area contributed by atoms with Crippen LogP contribution >= 0.6 is 0 Å². The molecular formula is C13H12F2O2. The summed E-state index contributed by atoms with van der Waals surface area (Å²) >= 11 is 0. The van der Waals surface area contributed by atoms with Gasteiger partial charge >= 0.3 is 0 Å². The molecular weight excluding hydrogens is 226 g/mol. The second-order valence-electron chi connectivity index (χ2n) is 4.20. The summed E-state index contributed by atoms with van der Waals surface area (Å²) in [4.78, 5) is 0. The van der Waals surface area contributed by atoms with E-state index in [-0.39, 0.29) is 12.0 Å². The Morgan fingerprint density at radius 2 is 2.06 bits per heavy atom. The maximum absolute atomic E-state index is 13.4. The van der Waals surface area contributed by atoms with Crippen LogP contribution in [-0.4, -0.2) is 5.11 Å². The molecule has 0 aliphatic carbocycles. The van der Waals surface area contributed by atoms with Gasteiger partial charge in [0.1, 0.15) is 11.6 Å². The van der Waals surface area contributed by atoms with Gasteiger partial charge in [0, 0.05) is 12.0 Å². The summed E-state index contributed by atoms with van der Waals surface area (Å²) in [6.45, 7) is 1.53. The van der Waals surface area contributed by atoms with E-state index >= 15 is 0 Å². The van der Waals surface area contributed by atoms with E-state index in [2.05, 4.69) is 0 Å². The first-order chi connectivity index (χ1) is 7.99. The zero-order valence-corrected chi connectivity index (χ0v) is 9.28. The third-order valence-electron chi connectivity index (χ3n) is 2.69. The summed E-state index contributed by atoms with van der Waals surface area (Å²) in [7, 11) is 0. The molecule has 0 spiro atoms. The van der Waals surface area contributed by atoms with Gasteiger partial charge in [-0.15, -0.1) is 0 Å². The van der Waals surface area contributed by atoms with Crippen LogP contribution < -0.4 is 0 Å². The molecule has 0 fully saturated rings. The fraction of sp³-hybridized carbons (Fsp3) is 0.231. The molecule has 1 N–H and O–H groups in total. The van der Waals surface area contributed by atoms with Crippen LogP contribution in [0.4, 0.5) is 8.78 Å². The van der Waals surface area contributed by atoms with Crippen LogP contribution in [0, 0.1) is 11.6 Å². The van der Waals surface area contributed by atoms with E-state index < -0.39 is 17.2 Å². The molecule has 4 heteroatoms. The van der Waals surface area contributed by atoms with Crippen molar-refractivity contribution in [2.75, 3.05) is 0 Å². The van der Waals surface area contributed by atoms with Crippen molar-refractivity contribution in [2.24, 2.45) is 0 Å². The maximum atomic E-state index is 13.4. The van der Waals surface area contributed by atoms with Gasteiger partial charge in [-0.2, -0.15) is 0 Å². The predicted molar refractivity (Wildman–Crippen MR) is 58.3 cm³/mol. The van der Waals surface area contributed by atoms with E-state index in [1.54, 1.807) is 6.07 Å². The van der Waals surface area contributed by atoms with Crippen LogP contribution in [0.25, 0.3) is 0 Å². The molecule has 1 unspecified atom stereocenters. The van der Waals surface area contributed by atoms with Crippen LogP contribution in [0.1, 0.15) is 18.1 Å². The quantitative estimate of drug-likeness (QED) is 0.891. The van der Waals surface area contributed by atoms with Gasteiger partial charge < -0.3 is 9.52 Å². The van der Waals surface area contributed by atoms with Crippen LogP contribution in [0.2, 0.25) is 0 Å². The normalized spacial score (nSPS) is 14.6. The Bertz CT molecular complexity index is 504. The Hall–Kier alpha value is -1.68. The van der Waals surface area contributed by atoms with Gasteiger partial charge in [-0.1, -0.05) is 0 Å². The largest absolute Gasteiger partial charge is 0.472 e. The van der Waals surface area contributed by atoms with Crippen molar-refractivity contribution in [1.82, 2.24) is 0 Å². The van der Waals surface area contributed by atoms with Crippen molar-refractivity contribution in [1.29, 1.82) is 0 Å². The van der Waals surface area contributed by atoms with Crippen molar-refractivity contribution in [3.05, 3.63) is 59.6 Å². The summed E-state index contributed by atoms with van der Waals surface area (Å²) in [5.74, 6) is -1.06. The van der Waals surface area contributed by atoms with Crippen molar-refractivity contribution in [3.8, 4) is 0 Å².